The standard InChI is InChI=1S/C18H19FN4OS2/c1-10-11(2)26-17-15(10)16(20)22-18(23-17)25-9-14(24)21-8-7-12-3-5-13(19)6-4-12/h3-6H,7-9H2,1-2H3,(H,21,24)(H2,20,22,23). The van der Waals surface area contributed by atoms with Crippen LogP contribution in [0.4, 0.5) is 10.2 Å². The summed E-state index contributed by atoms with van der Waals surface area (Å²) in [5.41, 5.74) is 8.13. The summed E-state index contributed by atoms with van der Waals surface area (Å²) in [5.74, 6) is 0.313. The lowest BCUT2D eigenvalue weighted by molar-refractivity contribution is -0.118. The monoisotopic (exact) mass is 390 g/mol. The van der Waals surface area contributed by atoms with Gasteiger partial charge in [-0.15, -0.1) is 11.3 Å². The number of aromatic nitrogens is 2. The lowest BCUT2D eigenvalue weighted by atomic mass is 10.1. The van der Waals surface area contributed by atoms with Gasteiger partial charge in [0.25, 0.3) is 0 Å². The van der Waals surface area contributed by atoms with Crippen molar-refractivity contribution in [1.82, 2.24) is 15.3 Å². The van der Waals surface area contributed by atoms with Gasteiger partial charge in [0, 0.05) is 11.4 Å². The number of anilines is 1. The minimum Gasteiger partial charge on any atom is -0.383 e. The average molecular weight is 391 g/mol. The topological polar surface area (TPSA) is 80.9 Å². The Balaban J connectivity index is 1.52. The minimum absolute atomic E-state index is 0.0991. The van der Waals surface area contributed by atoms with E-state index in [0.29, 0.717) is 23.9 Å². The zero-order valence-electron chi connectivity index (χ0n) is 14.5. The van der Waals surface area contributed by atoms with Crippen molar-refractivity contribution in [3.8, 4) is 0 Å². The van der Waals surface area contributed by atoms with Crippen LogP contribution < -0.4 is 11.1 Å². The van der Waals surface area contributed by atoms with Gasteiger partial charge < -0.3 is 11.1 Å². The summed E-state index contributed by atoms with van der Waals surface area (Å²) in [4.78, 5) is 22.8. The first-order valence-corrected chi connectivity index (χ1v) is 9.91. The first-order chi connectivity index (χ1) is 12.4. The van der Waals surface area contributed by atoms with E-state index in [2.05, 4.69) is 15.3 Å². The average Bonchev–Trinajstić information content (AvgIpc) is 2.89. The van der Waals surface area contributed by atoms with Crippen molar-refractivity contribution in [2.24, 2.45) is 0 Å². The first-order valence-electron chi connectivity index (χ1n) is 8.11. The molecule has 1 aromatic carbocycles. The highest BCUT2D eigenvalue weighted by atomic mass is 32.2. The van der Waals surface area contributed by atoms with Gasteiger partial charge in [0.1, 0.15) is 16.5 Å². The van der Waals surface area contributed by atoms with Crippen molar-refractivity contribution in [2.45, 2.75) is 25.4 Å². The van der Waals surface area contributed by atoms with Gasteiger partial charge in [0.15, 0.2) is 5.16 Å². The summed E-state index contributed by atoms with van der Waals surface area (Å²) in [5, 5.41) is 4.25. The van der Waals surface area contributed by atoms with E-state index in [9.17, 15) is 9.18 Å². The number of hydrogen-bond acceptors (Lipinski definition) is 6. The van der Waals surface area contributed by atoms with E-state index in [1.165, 1.54) is 28.8 Å². The Morgan fingerprint density at radius 1 is 1.27 bits per heavy atom. The van der Waals surface area contributed by atoms with Crippen LogP contribution in [0.2, 0.25) is 0 Å². The molecule has 3 rings (SSSR count). The van der Waals surface area contributed by atoms with Gasteiger partial charge >= 0.3 is 0 Å². The summed E-state index contributed by atoms with van der Waals surface area (Å²) in [7, 11) is 0. The van der Waals surface area contributed by atoms with Crippen LogP contribution >= 0.6 is 23.1 Å². The molecule has 0 saturated carbocycles. The molecule has 0 saturated heterocycles. The number of benzene rings is 1. The van der Waals surface area contributed by atoms with Crippen LogP contribution in [0.5, 0.6) is 0 Å². The second-order valence-electron chi connectivity index (χ2n) is 5.87. The van der Waals surface area contributed by atoms with E-state index in [-0.39, 0.29) is 17.5 Å². The van der Waals surface area contributed by atoms with E-state index in [1.807, 2.05) is 13.8 Å². The number of nitrogens with one attached hydrogen (secondary N) is 1. The number of nitrogen functional groups attached to an aromatic ring is 1. The van der Waals surface area contributed by atoms with Gasteiger partial charge in [-0.1, -0.05) is 23.9 Å². The number of fused-ring (bicyclic) bond motifs is 1. The number of carbonyl (C=O) groups excluding carboxylic acids is 1. The Hall–Kier alpha value is -2.19. The lowest BCUT2D eigenvalue weighted by Gasteiger charge is -2.06. The summed E-state index contributed by atoms with van der Waals surface area (Å²) >= 11 is 2.85. The Bertz CT molecular complexity index is 941. The molecular weight excluding hydrogens is 371 g/mol. The minimum atomic E-state index is -0.262. The Labute approximate surface area is 159 Å². The van der Waals surface area contributed by atoms with E-state index in [4.69, 9.17) is 5.73 Å². The van der Waals surface area contributed by atoms with Crippen LogP contribution in [0.1, 0.15) is 16.0 Å². The highest BCUT2D eigenvalue weighted by Crippen LogP contribution is 2.33. The Kier molecular flexibility index (Phi) is 5.73. The number of halogens is 1. The maximum absolute atomic E-state index is 12.9. The third kappa shape index (κ3) is 4.31. The molecule has 0 bridgehead atoms. The van der Waals surface area contributed by atoms with Gasteiger partial charge in [-0.3, -0.25) is 4.79 Å². The molecule has 26 heavy (non-hydrogen) atoms. The van der Waals surface area contributed by atoms with E-state index in [0.717, 1.165) is 21.3 Å². The molecule has 2 aromatic heterocycles. The normalized spacial score (nSPS) is 11.0. The maximum Gasteiger partial charge on any atom is 0.230 e. The van der Waals surface area contributed by atoms with Crippen molar-refractivity contribution >= 4 is 45.0 Å². The van der Waals surface area contributed by atoms with Crippen LogP contribution in [0.15, 0.2) is 29.4 Å². The van der Waals surface area contributed by atoms with E-state index in [1.54, 1.807) is 23.5 Å². The summed E-state index contributed by atoms with van der Waals surface area (Å²) in [6, 6.07) is 6.26. The van der Waals surface area contributed by atoms with Gasteiger partial charge in [0.05, 0.1) is 11.1 Å². The summed E-state index contributed by atoms with van der Waals surface area (Å²) in [6.07, 6.45) is 0.653. The number of rotatable bonds is 6. The molecule has 2 heterocycles. The number of nitrogens with zero attached hydrogens (tertiary/aromatic N) is 2. The van der Waals surface area contributed by atoms with Crippen molar-refractivity contribution in [2.75, 3.05) is 18.0 Å². The number of thioether (sulfide) groups is 1. The Morgan fingerprint density at radius 3 is 2.73 bits per heavy atom. The zero-order chi connectivity index (χ0) is 18.7. The van der Waals surface area contributed by atoms with Crippen LogP contribution in [0.25, 0.3) is 10.2 Å². The van der Waals surface area contributed by atoms with Crippen molar-refractivity contribution < 1.29 is 9.18 Å². The number of amides is 1. The first kappa shape index (κ1) is 18.6. The number of hydrogen-bond donors (Lipinski definition) is 2. The third-order valence-electron chi connectivity index (χ3n) is 4.02. The molecule has 3 aromatic rings. The van der Waals surface area contributed by atoms with Crippen LogP contribution in [0, 0.1) is 19.7 Å². The molecule has 8 heteroatoms. The molecule has 0 fully saturated rings. The second-order valence-corrected chi connectivity index (χ2v) is 8.02. The molecule has 0 aliphatic heterocycles. The fourth-order valence-corrected chi connectivity index (χ4v) is 4.28. The van der Waals surface area contributed by atoms with Crippen LogP contribution in [0.3, 0.4) is 0 Å². The maximum atomic E-state index is 12.9. The highest BCUT2D eigenvalue weighted by Gasteiger charge is 2.13. The predicted octanol–water partition coefficient (Wildman–Crippen LogP) is 3.48. The van der Waals surface area contributed by atoms with E-state index < -0.39 is 0 Å². The SMILES string of the molecule is Cc1sc2nc(SCC(=O)NCCc3ccc(F)cc3)nc(N)c2c1C. The third-order valence-corrected chi connectivity index (χ3v) is 5.97. The molecule has 5 nitrogen and oxygen atoms in total. The van der Waals surface area contributed by atoms with Gasteiger partial charge in [-0.25, -0.2) is 14.4 Å². The molecule has 0 spiro atoms. The highest BCUT2D eigenvalue weighted by molar-refractivity contribution is 7.99. The predicted molar refractivity (Wildman–Crippen MR) is 105 cm³/mol. The molecule has 0 aliphatic carbocycles. The fourth-order valence-electron chi connectivity index (χ4n) is 2.50. The van der Waals surface area contributed by atoms with Gasteiger partial charge in [-0.2, -0.15) is 0 Å². The molecule has 0 unspecified atom stereocenters. The van der Waals surface area contributed by atoms with Crippen LogP contribution in [-0.4, -0.2) is 28.2 Å². The largest absolute Gasteiger partial charge is 0.383 e. The summed E-state index contributed by atoms with van der Waals surface area (Å²) in [6.45, 7) is 4.54. The van der Waals surface area contributed by atoms with Gasteiger partial charge in [-0.05, 0) is 43.5 Å². The van der Waals surface area contributed by atoms with Crippen molar-refractivity contribution in [3.05, 3.63) is 46.1 Å². The summed E-state index contributed by atoms with van der Waals surface area (Å²) < 4.78 is 12.9. The number of aryl methyl sites for hydroxylation is 2. The van der Waals surface area contributed by atoms with Crippen molar-refractivity contribution in [3.63, 3.8) is 0 Å². The molecule has 3 N–H and O–H groups in total. The molecule has 1 amide bonds. The number of nitrogens with two attached hydrogens (primary N) is 1. The van der Waals surface area contributed by atoms with Gasteiger partial charge in [0.2, 0.25) is 5.91 Å². The molecule has 0 atom stereocenters. The van der Waals surface area contributed by atoms with Crippen molar-refractivity contribution in [1.29, 1.82) is 0 Å². The quantitative estimate of drug-likeness (QED) is 0.497. The second kappa shape index (κ2) is 8.01. The molecule has 0 radical (unpaired) electrons. The lowest BCUT2D eigenvalue weighted by Crippen LogP contribution is -2.27. The van der Waals surface area contributed by atoms with Crippen LogP contribution in [-0.2, 0) is 11.2 Å². The number of carbonyl (C=O) groups is 1. The van der Waals surface area contributed by atoms with E-state index >= 15 is 0 Å². The fraction of sp³-hybridized carbons (Fsp3) is 0.278. The Morgan fingerprint density at radius 2 is 2.00 bits per heavy atom. The smallest absolute Gasteiger partial charge is 0.230 e. The zero-order valence-corrected chi connectivity index (χ0v) is 16.1. The molecular formula is C18H19FN4OS2. The molecule has 136 valence electrons. The molecule has 0 aliphatic rings. The number of thiophene rings is 1.